The van der Waals surface area contributed by atoms with Gasteiger partial charge in [0, 0.05) is 26.7 Å². The molecule has 0 N–H and O–H groups in total. The maximum absolute atomic E-state index is 13.2. The van der Waals surface area contributed by atoms with Crippen LogP contribution in [-0.4, -0.2) is 57.4 Å². The maximum Gasteiger partial charge on any atom is 0.257 e. The Bertz CT molecular complexity index is 1020. The summed E-state index contributed by atoms with van der Waals surface area (Å²) in [5.41, 5.74) is 1.09. The van der Waals surface area contributed by atoms with Crippen molar-refractivity contribution in [2.24, 2.45) is 0 Å². The Hall–Kier alpha value is -2.58. The molecule has 0 bridgehead atoms. The first-order valence-electron chi connectivity index (χ1n) is 10.5. The number of nitrogens with zero attached hydrogens (tertiary/aromatic N) is 2. The van der Waals surface area contributed by atoms with Crippen molar-refractivity contribution in [3.05, 3.63) is 53.6 Å². The van der Waals surface area contributed by atoms with Crippen molar-refractivity contribution in [1.29, 1.82) is 0 Å². The fraction of sp³-hybridized carbons (Fsp3) is 0.435. The van der Waals surface area contributed by atoms with Gasteiger partial charge in [-0.1, -0.05) is 12.1 Å². The first-order chi connectivity index (χ1) is 14.9. The summed E-state index contributed by atoms with van der Waals surface area (Å²) in [6.07, 6.45) is 3.01. The Morgan fingerprint density at radius 3 is 2.52 bits per heavy atom. The van der Waals surface area contributed by atoms with Crippen molar-refractivity contribution >= 4 is 15.9 Å². The van der Waals surface area contributed by atoms with Crippen molar-refractivity contribution in [3.63, 3.8) is 0 Å². The molecule has 0 atom stereocenters. The number of benzene rings is 2. The highest BCUT2D eigenvalue weighted by atomic mass is 32.2. The van der Waals surface area contributed by atoms with Crippen molar-refractivity contribution in [1.82, 2.24) is 9.21 Å². The molecule has 1 aliphatic heterocycles. The average Bonchev–Trinajstić information content (AvgIpc) is 2.79. The molecule has 0 aliphatic carbocycles. The number of methoxy groups -OCH3 is 1. The Kier molecular flexibility index (Phi) is 7.56. The molecule has 31 heavy (non-hydrogen) atoms. The molecule has 3 rings (SSSR count). The Morgan fingerprint density at radius 1 is 1.10 bits per heavy atom. The first kappa shape index (κ1) is 23.1. The van der Waals surface area contributed by atoms with E-state index in [-0.39, 0.29) is 22.9 Å². The summed E-state index contributed by atoms with van der Waals surface area (Å²) in [4.78, 5) is 14.9. The van der Waals surface area contributed by atoms with Crippen LogP contribution in [0.15, 0.2) is 47.4 Å². The van der Waals surface area contributed by atoms with Crippen LogP contribution in [-0.2, 0) is 16.6 Å². The van der Waals surface area contributed by atoms with Gasteiger partial charge in [0.15, 0.2) is 0 Å². The van der Waals surface area contributed by atoms with Crippen LogP contribution in [0.4, 0.5) is 0 Å². The van der Waals surface area contributed by atoms with Crippen LogP contribution >= 0.6 is 0 Å². The maximum atomic E-state index is 13.2. The van der Waals surface area contributed by atoms with Gasteiger partial charge in [0.1, 0.15) is 11.5 Å². The third kappa shape index (κ3) is 5.37. The van der Waals surface area contributed by atoms with Crippen LogP contribution in [0, 0.1) is 0 Å². The molecular weight excluding hydrogens is 416 g/mol. The molecular formula is C23H30N2O5S. The zero-order chi connectivity index (χ0) is 22.4. The molecule has 0 radical (unpaired) electrons. The zero-order valence-electron chi connectivity index (χ0n) is 18.3. The average molecular weight is 447 g/mol. The molecule has 1 saturated heterocycles. The fourth-order valence-electron chi connectivity index (χ4n) is 3.70. The number of carbonyl (C=O) groups is 1. The molecule has 7 nitrogen and oxygen atoms in total. The predicted molar refractivity (Wildman–Crippen MR) is 119 cm³/mol. The molecule has 0 saturated carbocycles. The standard InChI is InChI=1S/C23H30N2O5S/c1-4-30-19-10-8-9-18(15-19)17-24(2)31(27,28)20-11-12-22(29-3)21(16-20)23(26)25-13-6-5-7-14-25/h8-12,15-16H,4-7,13-14,17H2,1-3H3. The molecule has 168 valence electrons. The number of amides is 1. The zero-order valence-corrected chi connectivity index (χ0v) is 19.2. The van der Waals surface area contributed by atoms with Crippen LogP contribution in [0.25, 0.3) is 0 Å². The van der Waals surface area contributed by atoms with Gasteiger partial charge >= 0.3 is 0 Å². The molecule has 1 fully saturated rings. The van der Waals surface area contributed by atoms with Gasteiger partial charge in [0.2, 0.25) is 10.0 Å². The van der Waals surface area contributed by atoms with E-state index in [4.69, 9.17) is 9.47 Å². The molecule has 8 heteroatoms. The molecule has 1 heterocycles. The summed E-state index contributed by atoms with van der Waals surface area (Å²) in [7, 11) is -0.801. The van der Waals surface area contributed by atoms with Gasteiger partial charge in [-0.3, -0.25) is 4.79 Å². The number of rotatable bonds is 8. The van der Waals surface area contributed by atoms with E-state index in [2.05, 4.69) is 0 Å². The Balaban J connectivity index is 1.86. The van der Waals surface area contributed by atoms with Crippen molar-refractivity contribution in [3.8, 4) is 11.5 Å². The molecule has 2 aromatic carbocycles. The number of likely N-dealkylation sites (tertiary alicyclic amines) is 1. The number of sulfonamides is 1. The highest BCUT2D eigenvalue weighted by Gasteiger charge is 2.26. The second kappa shape index (κ2) is 10.2. The third-order valence-corrected chi connectivity index (χ3v) is 7.17. The lowest BCUT2D eigenvalue weighted by atomic mass is 10.1. The van der Waals surface area contributed by atoms with Gasteiger partial charge < -0.3 is 14.4 Å². The summed E-state index contributed by atoms with van der Waals surface area (Å²) in [6, 6.07) is 11.8. The molecule has 0 aromatic heterocycles. The van der Waals surface area contributed by atoms with E-state index < -0.39 is 10.0 Å². The van der Waals surface area contributed by atoms with Crippen LogP contribution in [0.3, 0.4) is 0 Å². The minimum absolute atomic E-state index is 0.0668. The van der Waals surface area contributed by atoms with Gasteiger partial charge in [0.25, 0.3) is 5.91 Å². The molecule has 0 unspecified atom stereocenters. The molecule has 1 amide bonds. The fourth-order valence-corrected chi connectivity index (χ4v) is 4.89. The van der Waals surface area contributed by atoms with Crippen molar-refractivity contribution in [2.75, 3.05) is 33.9 Å². The van der Waals surface area contributed by atoms with Gasteiger partial charge in [0.05, 0.1) is 24.2 Å². The minimum Gasteiger partial charge on any atom is -0.496 e. The summed E-state index contributed by atoms with van der Waals surface area (Å²) in [6.45, 7) is 3.97. The van der Waals surface area contributed by atoms with E-state index in [1.807, 2.05) is 31.2 Å². The summed E-state index contributed by atoms with van der Waals surface area (Å²) in [5, 5.41) is 0. The van der Waals surface area contributed by atoms with Gasteiger partial charge in [-0.15, -0.1) is 0 Å². The molecule has 0 spiro atoms. The first-order valence-corrected chi connectivity index (χ1v) is 12.0. The van der Waals surface area contributed by atoms with E-state index in [1.165, 1.54) is 30.6 Å². The van der Waals surface area contributed by atoms with Crippen molar-refractivity contribution < 1.29 is 22.7 Å². The van der Waals surface area contributed by atoms with E-state index in [9.17, 15) is 13.2 Å². The van der Waals surface area contributed by atoms with Crippen LogP contribution in [0.5, 0.6) is 11.5 Å². The van der Waals surface area contributed by atoms with E-state index in [0.29, 0.717) is 31.2 Å². The lowest BCUT2D eigenvalue weighted by molar-refractivity contribution is 0.0720. The normalized spacial score (nSPS) is 14.5. The largest absolute Gasteiger partial charge is 0.496 e. The number of hydrogen-bond donors (Lipinski definition) is 0. The topological polar surface area (TPSA) is 76.1 Å². The summed E-state index contributed by atoms with van der Waals surface area (Å²) < 4.78 is 38.6. The summed E-state index contributed by atoms with van der Waals surface area (Å²) in [5.74, 6) is 0.881. The number of piperidine rings is 1. The van der Waals surface area contributed by atoms with E-state index >= 15 is 0 Å². The van der Waals surface area contributed by atoms with Crippen LogP contribution in [0.1, 0.15) is 42.1 Å². The van der Waals surface area contributed by atoms with E-state index in [0.717, 1.165) is 24.8 Å². The van der Waals surface area contributed by atoms with Gasteiger partial charge in [-0.2, -0.15) is 4.31 Å². The van der Waals surface area contributed by atoms with Gasteiger partial charge in [-0.25, -0.2) is 8.42 Å². The highest BCUT2D eigenvalue weighted by Crippen LogP contribution is 2.27. The van der Waals surface area contributed by atoms with Crippen molar-refractivity contribution in [2.45, 2.75) is 37.6 Å². The SMILES string of the molecule is CCOc1cccc(CN(C)S(=O)(=O)c2ccc(OC)c(C(=O)N3CCCCC3)c2)c1. The second-order valence-corrected chi connectivity index (χ2v) is 9.60. The van der Waals surface area contributed by atoms with Gasteiger partial charge in [-0.05, 0) is 62.1 Å². The monoisotopic (exact) mass is 446 g/mol. The minimum atomic E-state index is -3.81. The lowest BCUT2D eigenvalue weighted by Crippen LogP contribution is -2.36. The predicted octanol–water partition coefficient (Wildman–Crippen LogP) is 3.54. The number of hydrogen-bond acceptors (Lipinski definition) is 5. The second-order valence-electron chi connectivity index (χ2n) is 7.56. The third-order valence-electron chi connectivity index (χ3n) is 5.37. The lowest BCUT2D eigenvalue weighted by Gasteiger charge is -2.27. The van der Waals surface area contributed by atoms with E-state index in [1.54, 1.807) is 11.0 Å². The highest BCUT2D eigenvalue weighted by molar-refractivity contribution is 7.89. The molecule has 2 aromatic rings. The summed E-state index contributed by atoms with van der Waals surface area (Å²) >= 11 is 0. The quantitative estimate of drug-likeness (QED) is 0.620. The van der Waals surface area contributed by atoms with Crippen LogP contribution in [0.2, 0.25) is 0 Å². The molecule has 1 aliphatic rings. The Labute approximate surface area is 184 Å². The number of ether oxygens (including phenoxy) is 2. The smallest absolute Gasteiger partial charge is 0.257 e. The Morgan fingerprint density at radius 2 is 1.84 bits per heavy atom. The number of carbonyl (C=O) groups excluding carboxylic acids is 1. The van der Waals surface area contributed by atoms with Crippen LogP contribution < -0.4 is 9.47 Å².